The molecule has 110 valence electrons. The first-order valence-corrected chi connectivity index (χ1v) is 8.31. The molecule has 0 spiro atoms. The van der Waals surface area contributed by atoms with Gasteiger partial charge in [-0.25, -0.2) is 0 Å². The molecular formula is C16H22BrNO2. The lowest BCUT2D eigenvalue weighted by molar-refractivity contribution is 0.102. The standard InChI is InChI=1S/C16H22BrNO2/c17-13-5-7-15(8-6-13)20-10-14(19)9-18-16(11-1-2-11)12-3-4-12/h5-8,11-12,14,16,18-19H,1-4,9-10H2. The van der Waals surface area contributed by atoms with Crippen LogP contribution in [0.3, 0.4) is 0 Å². The fourth-order valence-corrected chi connectivity index (χ4v) is 2.95. The van der Waals surface area contributed by atoms with Crippen molar-refractivity contribution < 1.29 is 9.84 Å². The molecule has 2 aliphatic carbocycles. The minimum absolute atomic E-state index is 0.344. The van der Waals surface area contributed by atoms with Gasteiger partial charge in [0.1, 0.15) is 18.5 Å². The Morgan fingerprint density at radius 1 is 1.15 bits per heavy atom. The molecule has 0 radical (unpaired) electrons. The maximum absolute atomic E-state index is 10.0. The molecule has 1 atom stereocenters. The highest BCUT2D eigenvalue weighted by Crippen LogP contribution is 2.44. The van der Waals surface area contributed by atoms with Gasteiger partial charge in [0.05, 0.1) is 0 Å². The first kappa shape index (κ1) is 14.4. The van der Waals surface area contributed by atoms with E-state index in [0.717, 1.165) is 22.1 Å². The summed E-state index contributed by atoms with van der Waals surface area (Å²) in [4.78, 5) is 0. The molecule has 2 aliphatic rings. The minimum Gasteiger partial charge on any atom is -0.491 e. The van der Waals surface area contributed by atoms with E-state index >= 15 is 0 Å². The Hall–Kier alpha value is -0.580. The number of aliphatic hydroxyl groups excluding tert-OH is 1. The van der Waals surface area contributed by atoms with Crippen molar-refractivity contribution in [2.45, 2.75) is 37.8 Å². The SMILES string of the molecule is OC(CNC(C1CC1)C1CC1)COc1ccc(Br)cc1. The van der Waals surface area contributed by atoms with Crippen LogP contribution < -0.4 is 10.1 Å². The maximum Gasteiger partial charge on any atom is 0.119 e. The maximum atomic E-state index is 10.0. The third-order valence-corrected chi connectivity index (χ3v) is 4.63. The minimum atomic E-state index is -0.446. The van der Waals surface area contributed by atoms with Crippen molar-refractivity contribution in [2.75, 3.05) is 13.2 Å². The summed E-state index contributed by atoms with van der Waals surface area (Å²) in [6, 6.07) is 8.33. The van der Waals surface area contributed by atoms with Gasteiger partial charge in [-0.2, -0.15) is 0 Å². The van der Waals surface area contributed by atoms with E-state index in [2.05, 4.69) is 21.2 Å². The van der Waals surface area contributed by atoms with E-state index < -0.39 is 6.10 Å². The molecule has 2 N–H and O–H groups in total. The predicted molar refractivity (Wildman–Crippen MR) is 82.9 cm³/mol. The van der Waals surface area contributed by atoms with Gasteiger partial charge in [0.25, 0.3) is 0 Å². The average Bonchev–Trinajstić information content (AvgIpc) is 3.31. The Morgan fingerprint density at radius 3 is 2.30 bits per heavy atom. The summed E-state index contributed by atoms with van der Waals surface area (Å²) in [6.07, 6.45) is 5.00. The van der Waals surface area contributed by atoms with Crippen molar-refractivity contribution in [2.24, 2.45) is 11.8 Å². The predicted octanol–water partition coefficient (Wildman–Crippen LogP) is 2.97. The van der Waals surface area contributed by atoms with Crippen LogP contribution in [-0.2, 0) is 0 Å². The Kier molecular flexibility index (Phi) is 4.64. The van der Waals surface area contributed by atoms with E-state index in [1.807, 2.05) is 24.3 Å². The van der Waals surface area contributed by atoms with Gasteiger partial charge in [-0.15, -0.1) is 0 Å². The summed E-state index contributed by atoms with van der Waals surface area (Å²) in [7, 11) is 0. The van der Waals surface area contributed by atoms with Gasteiger partial charge in [-0.3, -0.25) is 0 Å². The fourth-order valence-electron chi connectivity index (χ4n) is 2.68. The third-order valence-electron chi connectivity index (χ3n) is 4.10. The molecule has 1 aromatic rings. The quantitative estimate of drug-likeness (QED) is 0.765. The molecule has 0 saturated heterocycles. The van der Waals surface area contributed by atoms with Gasteiger partial charge in [-0.05, 0) is 61.8 Å². The topological polar surface area (TPSA) is 41.5 Å². The average molecular weight is 340 g/mol. The number of benzene rings is 1. The number of halogens is 1. The van der Waals surface area contributed by atoms with Gasteiger partial charge in [0.2, 0.25) is 0 Å². The number of rotatable bonds is 8. The number of ether oxygens (including phenoxy) is 1. The van der Waals surface area contributed by atoms with E-state index in [1.54, 1.807) is 0 Å². The number of aliphatic hydroxyl groups is 1. The van der Waals surface area contributed by atoms with Crippen molar-refractivity contribution in [3.63, 3.8) is 0 Å². The molecule has 3 rings (SSSR count). The van der Waals surface area contributed by atoms with Gasteiger partial charge < -0.3 is 15.2 Å². The van der Waals surface area contributed by atoms with Crippen LogP contribution in [0, 0.1) is 11.8 Å². The van der Waals surface area contributed by atoms with E-state index in [1.165, 1.54) is 25.7 Å². The Morgan fingerprint density at radius 2 is 1.75 bits per heavy atom. The summed E-state index contributed by atoms with van der Waals surface area (Å²) in [5.41, 5.74) is 0. The number of hydrogen-bond donors (Lipinski definition) is 2. The summed E-state index contributed by atoms with van der Waals surface area (Å²) >= 11 is 3.39. The van der Waals surface area contributed by atoms with Crippen LogP contribution in [0.1, 0.15) is 25.7 Å². The lowest BCUT2D eigenvalue weighted by atomic mass is 10.1. The second kappa shape index (κ2) is 6.46. The van der Waals surface area contributed by atoms with Crippen LogP contribution in [0.5, 0.6) is 5.75 Å². The molecular weight excluding hydrogens is 318 g/mol. The highest BCUT2D eigenvalue weighted by atomic mass is 79.9. The van der Waals surface area contributed by atoms with Gasteiger partial charge >= 0.3 is 0 Å². The Bertz CT molecular complexity index is 417. The van der Waals surface area contributed by atoms with Gasteiger partial charge in [0.15, 0.2) is 0 Å². The van der Waals surface area contributed by atoms with Crippen LogP contribution in [0.25, 0.3) is 0 Å². The first-order chi connectivity index (χ1) is 9.72. The first-order valence-electron chi connectivity index (χ1n) is 7.52. The normalized spacial score (nSPS) is 20.1. The third kappa shape index (κ3) is 4.21. The monoisotopic (exact) mass is 339 g/mol. The summed E-state index contributed by atoms with van der Waals surface area (Å²) in [5, 5.41) is 13.6. The van der Waals surface area contributed by atoms with Crippen molar-refractivity contribution in [1.82, 2.24) is 5.32 Å². The van der Waals surface area contributed by atoms with Crippen molar-refractivity contribution in [3.05, 3.63) is 28.7 Å². The molecule has 3 nitrogen and oxygen atoms in total. The van der Waals surface area contributed by atoms with Crippen LogP contribution in [-0.4, -0.2) is 30.4 Å². The fraction of sp³-hybridized carbons (Fsp3) is 0.625. The molecule has 0 aliphatic heterocycles. The second-order valence-corrected chi connectivity index (χ2v) is 6.94. The molecule has 0 amide bonds. The van der Waals surface area contributed by atoms with Gasteiger partial charge in [-0.1, -0.05) is 15.9 Å². The zero-order valence-electron chi connectivity index (χ0n) is 11.6. The summed E-state index contributed by atoms with van der Waals surface area (Å²) in [5.74, 6) is 2.53. The zero-order chi connectivity index (χ0) is 13.9. The molecule has 0 aromatic heterocycles. The van der Waals surface area contributed by atoms with E-state index in [-0.39, 0.29) is 0 Å². The Balaban J connectivity index is 1.38. The molecule has 0 bridgehead atoms. The Labute approximate surface area is 128 Å². The molecule has 0 heterocycles. The molecule has 20 heavy (non-hydrogen) atoms. The smallest absolute Gasteiger partial charge is 0.119 e. The molecule has 1 aromatic carbocycles. The van der Waals surface area contributed by atoms with Crippen LogP contribution in [0.4, 0.5) is 0 Å². The molecule has 2 saturated carbocycles. The largest absolute Gasteiger partial charge is 0.491 e. The van der Waals surface area contributed by atoms with E-state index in [9.17, 15) is 5.11 Å². The lowest BCUT2D eigenvalue weighted by Gasteiger charge is -2.20. The molecule has 2 fully saturated rings. The van der Waals surface area contributed by atoms with Gasteiger partial charge in [0, 0.05) is 17.1 Å². The second-order valence-electron chi connectivity index (χ2n) is 6.03. The zero-order valence-corrected chi connectivity index (χ0v) is 13.2. The summed E-state index contributed by atoms with van der Waals surface area (Å²) in [6.45, 7) is 0.977. The van der Waals surface area contributed by atoms with Crippen molar-refractivity contribution in [1.29, 1.82) is 0 Å². The van der Waals surface area contributed by atoms with Crippen LogP contribution in [0.2, 0.25) is 0 Å². The highest BCUT2D eigenvalue weighted by molar-refractivity contribution is 9.10. The number of hydrogen-bond acceptors (Lipinski definition) is 3. The van der Waals surface area contributed by atoms with E-state index in [4.69, 9.17) is 4.74 Å². The van der Waals surface area contributed by atoms with Crippen LogP contribution in [0.15, 0.2) is 28.7 Å². The van der Waals surface area contributed by atoms with E-state index in [0.29, 0.717) is 19.2 Å². The highest BCUT2D eigenvalue weighted by Gasteiger charge is 2.41. The molecule has 1 unspecified atom stereocenters. The van der Waals surface area contributed by atoms with Crippen molar-refractivity contribution >= 4 is 15.9 Å². The lowest BCUT2D eigenvalue weighted by Crippen LogP contribution is -2.40. The van der Waals surface area contributed by atoms with Crippen molar-refractivity contribution in [3.8, 4) is 5.75 Å². The van der Waals surface area contributed by atoms with Crippen LogP contribution >= 0.6 is 15.9 Å². The summed E-state index contributed by atoms with van der Waals surface area (Å²) < 4.78 is 6.63. The number of nitrogens with one attached hydrogen (secondary N) is 1. The molecule has 4 heteroatoms.